The van der Waals surface area contributed by atoms with Crippen LogP contribution in [0.25, 0.3) is 0 Å². The van der Waals surface area contributed by atoms with E-state index in [-0.39, 0.29) is 33.5 Å². The number of rotatable bonds is 1. The average molecular weight is 459 g/mol. The summed E-state index contributed by atoms with van der Waals surface area (Å²) < 4.78 is 0. The van der Waals surface area contributed by atoms with E-state index >= 15 is 0 Å². The maximum atomic E-state index is 12.7. The van der Waals surface area contributed by atoms with Crippen LogP contribution >= 0.6 is 0 Å². The van der Waals surface area contributed by atoms with Crippen LogP contribution in [0.5, 0.6) is 0 Å². The standard InChI is InChI=1S/C29H46O4/c1-24(2)13-15-29(23(31)32)16-14-26(4)18(19(29)17-24)7-8-20-25(3)11-10-22(30)28(6,33)21(25)9-12-27(20,26)5/h7,19-22,30,33H,8-17H2,1-6H3,(H,31,32)/t19-,20+,21+,22-,25+,26+,27+,28-,29-/m0/s1. The van der Waals surface area contributed by atoms with Gasteiger partial charge in [0.25, 0.3) is 0 Å². The first-order valence-electron chi connectivity index (χ1n) is 13.5. The topological polar surface area (TPSA) is 77.8 Å². The highest BCUT2D eigenvalue weighted by Crippen LogP contribution is 2.75. The summed E-state index contributed by atoms with van der Waals surface area (Å²) in [5, 5.41) is 32.4. The van der Waals surface area contributed by atoms with E-state index in [9.17, 15) is 20.1 Å². The fourth-order valence-corrected chi connectivity index (χ4v) is 10.3. The zero-order valence-electron chi connectivity index (χ0n) is 21.7. The molecule has 0 spiro atoms. The monoisotopic (exact) mass is 458 g/mol. The van der Waals surface area contributed by atoms with Crippen LogP contribution in [0.2, 0.25) is 0 Å². The van der Waals surface area contributed by atoms with Gasteiger partial charge in [-0.15, -0.1) is 0 Å². The molecule has 5 rings (SSSR count). The van der Waals surface area contributed by atoms with Gasteiger partial charge in [0.05, 0.1) is 17.1 Å². The highest BCUT2D eigenvalue weighted by Gasteiger charge is 2.69. The number of aliphatic hydroxyl groups excluding tert-OH is 1. The molecule has 0 aromatic rings. The number of aliphatic hydroxyl groups is 2. The first kappa shape index (κ1) is 23.9. The van der Waals surface area contributed by atoms with Crippen LogP contribution in [0.4, 0.5) is 0 Å². The first-order chi connectivity index (χ1) is 15.1. The molecule has 0 amide bonds. The van der Waals surface area contributed by atoms with Gasteiger partial charge in [-0.3, -0.25) is 4.79 Å². The van der Waals surface area contributed by atoms with E-state index in [1.165, 1.54) is 5.57 Å². The second-order valence-electron chi connectivity index (χ2n) is 14.5. The minimum atomic E-state index is -1.03. The Morgan fingerprint density at radius 1 is 0.909 bits per heavy atom. The summed E-state index contributed by atoms with van der Waals surface area (Å²) in [6, 6.07) is 0. The summed E-state index contributed by atoms with van der Waals surface area (Å²) >= 11 is 0. The maximum absolute atomic E-state index is 12.7. The third kappa shape index (κ3) is 2.86. The summed E-state index contributed by atoms with van der Waals surface area (Å²) in [5.41, 5.74) is 0.0976. The SMILES string of the molecule is CC1(C)CC[C@]2(C(=O)O)CC[C@]3(C)C(=CC[C@@H]4[C@@]5(C)CC[C@H](O)[C@@](C)(O)[C@@H]5CC[C@]43C)[C@@H]2C1. The third-order valence-electron chi connectivity index (χ3n) is 12.7. The molecule has 3 N–H and O–H groups in total. The molecule has 0 unspecified atom stereocenters. The molecule has 5 aliphatic carbocycles. The van der Waals surface area contributed by atoms with E-state index in [1.807, 2.05) is 6.92 Å². The minimum absolute atomic E-state index is 0.00283. The van der Waals surface area contributed by atoms with Gasteiger partial charge >= 0.3 is 5.97 Å². The van der Waals surface area contributed by atoms with Crippen molar-refractivity contribution in [2.24, 2.45) is 44.8 Å². The van der Waals surface area contributed by atoms with E-state index in [0.29, 0.717) is 12.3 Å². The van der Waals surface area contributed by atoms with Crippen molar-refractivity contribution in [2.75, 3.05) is 0 Å². The van der Waals surface area contributed by atoms with Gasteiger partial charge in [-0.25, -0.2) is 0 Å². The Morgan fingerprint density at radius 3 is 2.24 bits per heavy atom. The number of allylic oxidation sites excluding steroid dienone is 2. The zero-order valence-corrected chi connectivity index (χ0v) is 21.7. The Balaban J connectivity index is 1.60. The molecule has 0 aromatic carbocycles. The lowest BCUT2D eigenvalue weighted by molar-refractivity contribution is -0.234. The third-order valence-corrected chi connectivity index (χ3v) is 12.7. The van der Waals surface area contributed by atoms with Gasteiger partial charge in [0.2, 0.25) is 0 Å². The Bertz CT molecular complexity index is 888. The molecule has 0 saturated heterocycles. The summed E-state index contributed by atoms with van der Waals surface area (Å²) in [6.45, 7) is 13.8. The van der Waals surface area contributed by atoms with Crippen LogP contribution in [0, 0.1) is 44.8 Å². The van der Waals surface area contributed by atoms with E-state index in [2.05, 4.69) is 40.7 Å². The second kappa shape index (κ2) is 6.87. The maximum Gasteiger partial charge on any atom is 0.310 e. The van der Waals surface area contributed by atoms with Crippen molar-refractivity contribution in [3.63, 3.8) is 0 Å². The molecule has 0 radical (unpaired) electrons. The zero-order chi connectivity index (χ0) is 24.2. The number of hydrogen-bond acceptors (Lipinski definition) is 3. The number of fused-ring (bicyclic) bond motifs is 7. The molecule has 4 fully saturated rings. The summed E-state index contributed by atoms with van der Waals surface area (Å²) in [7, 11) is 0. The predicted octanol–water partition coefficient (Wildman–Crippen LogP) is 5.96. The molecular formula is C29H46O4. The average Bonchev–Trinajstić information content (AvgIpc) is 2.71. The molecule has 5 aliphatic rings. The number of carboxylic acids is 1. The quantitative estimate of drug-likeness (QED) is 0.424. The first-order valence-corrected chi connectivity index (χ1v) is 13.5. The van der Waals surface area contributed by atoms with E-state index in [0.717, 1.165) is 57.8 Å². The number of carboxylic acid groups (broad SMARTS) is 1. The minimum Gasteiger partial charge on any atom is -0.481 e. The fraction of sp³-hybridized carbons (Fsp3) is 0.897. The largest absolute Gasteiger partial charge is 0.481 e. The Kier molecular flexibility index (Phi) is 4.97. The molecule has 4 saturated carbocycles. The van der Waals surface area contributed by atoms with E-state index in [4.69, 9.17) is 0 Å². The van der Waals surface area contributed by atoms with Crippen LogP contribution < -0.4 is 0 Å². The lowest BCUT2D eigenvalue weighted by atomic mass is 9.34. The number of carbonyl (C=O) groups is 1. The molecular weight excluding hydrogens is 412 g/mol. The Hall–Kier alpha value is -0.870. The van der Waals surface area contributed by atoms with Crippen LogP contribution in [0.3, 0.4) is 0 Å². The van der Waals surface area contributed by atoms with Crippen molar-refractivity contribution in [2.45, 2.75) is 117 Å². The molecule has 4 nitrogen and oxygen atoms in total. The van der Waals surface area contributed by atoms with Crippen LogP contribution in [0.15, 0.2) is 11.6 Å². The second-order valence-corrected chi connectivity index (χ2v) is 14.5. The Morgan fingerprint density at radius 2 is 1.58 bits per heavy atom. The van der Waals surface area contributed by atoms with Crippen molar-refractivity contribution in [1.82, 2.24) is 0 Å². The van der Waals surface area contributed by atoms with Gasteiger partial charge in [0, 0.05) is 0 Å². The Labute approximate surface area is 200 Å². The van der Waals surface area contributed by atoms with Crippen LogP contribution in [-0.4, -0.2) is 33.0 Å². The molecule has 0 heterocycles. The highest BCUT2D eigenvalue weighted by atomic mass is 16.4. The summed E-state index contributed by atoms with van der Waals surface area (Å²) in [5.74, 6) is 0.120. The summed E-state index contributed by atoms with van der Waals surface area (Å²) in [6.07, 6.45) is 10.9. The number of aliphatic carboxylic acids is 1. The molecule has 9 atom stereocenters. The van der Waals surface area contributed by atoms with Crippen LogP contribution in [0.1, 0.15) is 106 Å². The molecule has 33 heavy (non-hydrogen) atoms. The van der Waals surface area contributed by atoms with Gasteiger partial charge < -0.3 is 15.3 Å². The fourth-order valence-electron chi connectivity index (χ4n) is 10.3. The number of hydrogen-bond donors (Lipinski definition) is 3. The van der Waals surface area contributed by atoms with Gasteiger partial charge in [0.1, 0.15) is 0 Å². The lowest BCUT2D eigenvalue weighted by Gasteiger charge is -2.70. The molecule has 0 bridgehead atoms. The van der Waals surface area contributed by atoms with E-state index < -0.39 is 23.1 Å². The normalized spacial score (nSPS) is 55.3. The van der Waals surface area contributed by atoms with Crippen molar-refractivity contribution < 1.29 is 20.1 Å². The van der Waals surface area contributed by atoms with Crippen molar-refractivity contribution >= 4 is 5.97 Å². The van der Waals surface area contributed by atoms with E-state index in [1.54, 1.807) is 0 Å². The molecule has 0 aromatic heterocycles. The van der Waals surface area contributed by atoms with Crippen LogP contribution in [-0.2, 0) is 4.79 Å². The molecule has 186 valence electrons. The van der Waals surface area contributed by atoms with Gasteiger partial charge in [-0.1, -0.05) is 46.3 Å². The molecule has 4 heteroatoms. The van der Waals surface area contributed by atoms with Crippen molar-refractivity contribution in [3.05, 3.63) is 11.6 Å². The van der Waals surface area contributed by atoms with Crippen molar-refractivity contribution in [1.29, 1.82) is 0 Å². The predicted molar refractivity (Wildman–Crippen MR) is 130 cm³/mol. The van der Waals surface area contributed by atoms with Crippen molar-refractivity contribution in [3.8, 4) is 0 Å². The van der Waals surface area contributed by atoms with Gasteiger partial charge in [0.15, 0.2) is 0 Å². The lowest BCUT2D eigenvalue weighted by Crippen LogP contribution is -2.67. The van der Waals surface area contributed by atoms with Gasteiger partial charge in [-0.2, -0.15) is 0 Å². The smallest absolute Gasteiger partial charge is 0.310 e. The molecule has 0 aliphatic heterocycles. The van der Waals surface area contributed by atoms with Gasteiger partial charge in [-0.05, 0) is 111 Å². The summed E-state index contributed by atoms with van der Waals surface area (Å²) in [4.78, 5) is 12.7. The highest BCUT2D eigenvalue weighted by molar-refractivity contribution is 5.76.